The van der Waals surface area contributed by atoms with Crippen LogP contribution in [0.25, 0.3) is 11.1 Å². The zero-order valence-corrected chi connectivity index (χ0v) is 21.5. The van der Waals surface area contributed by atoms with E-state index in [0.29, 0.717) is 30.4 Å². The number of nitrogens with zero attached hydrogens (tertiary/aromatic N) is 1. The highest BCUT2D eigenvalue weighted by molar-refractivity contribution is 9.10. The maximum Gasteiger partial charge on any atom is 0.153 e. The monoisotopic (exact) mass is 536 g/mol. The third-order valence-corrected chi connectivity index (χ3v) is 5.68. The Kier molecular flexibility index (Phi) is 9.71. The lowest BCUT2D eigenvalue weighted by atomic mass is 9.99. The molecule has 1 aromatic heterocycles. The second-order valence-electron chi connectivity index (χ2n) is 8.47. The average molecular weight is 537 g/mol. The minimum atomic E-state index is 0.0590. The Morgan fingerprint density at radius 3 is 2.77 bits per heavy atom. The van der Waals surface area contributed by atoms with E-state index in [4.69, 9.17) is 26.4 Å². The van der Waals surface area contributed by atoms with Crippen LogP contribution in [0.2, 0.25) is 0 Å². The van der Waals surface area contributed by atoms with Gasteiger partial charge in [-0.05, 0) is 54.3 Å². The number of pyridine rings is 1. The first-order valence-corrected chi connectivity index (χ1v) is 12.1. The van der Waals surface area contributed by atoms with E-state index in [0.717, 1.165) is 39.8 Å². The molecule has 0 unspecified atom stereocenters. The van der Waals surface area contributed by atoms with Crippen LogP contribution < -0.4 is 19.9 Å². The number of carbonyl (C=O) groups excluding carboxylic acids is 1. The predicted molar refractivity (Wildman–Crippen MR) is 141 cm³/mol. The molecule has 2 heterocycles. The Morgan fingerprint density at radius 2 is 2.03 bits per heavy atom. The van der Waals surface area contributed by atoms with Gasteiger partial charge in [0.15, 0.2) is 6.29 Å². The summed E-state index contributed by atoms with van der Waals surface area (Å²) in [6.45, 7) is 5.57. The second-order valence-corrected chi connectivity index (χ2v) is 9.39. The molecular formula is C28H29BrN2O4. The smallest absolute Gasteiger partial charge is 0.153 e. The van der Waals surface area contributed by atoms with Crippen LogP contribution in [0.4, 0.5) is 0 Å². The van der Waals surface area contributed by atoms with Crippen molar-refractivity contribution in [3.8, 4) is 40.7 Å². The number of ether oxygens (including phenoxy) is 3. The summed E-state index contributed by atoms with van der Waals surface area (Å²) in [7, 11) is 0. The molecule has 0 radical (unpaired) electrons. The first-order chi connectivity index (χ1) is 16.9. The Bertz CT molecular complexity index is 1190. The third-order valence-electron chi connectivity index (χ3n) is 5.18. The summed E-state index contributed by atoms with van der Waals surface area (Å²) in [6, 6.07) is 13.2. The number of hydrogen-bond acceptors (Lipinski definition) is 6. The highest BCUT2D eigenvalue weighted by Crippen LogP contribution is 2.39. The number of fused-ring (bicyclic) bond motifs is 3. The molecule has 0 saturated carbocycles. The highest BCUT2D eigenvalue weighted by Gasteiger charge is 2.18. The first kappa shape index (κ1) is 26.3. The minimum absolute atomic E-state index is 0.0590. The van der Waals surface area contributed by atoms with Crippen LogP contribution in [0.1, 0.15) is 36.2 Å². The van der Waals surface area contributed by atoms with Gasteiger partial charge in [0.2, 0.25) is 0 Å². The van der Waals surface area contributed by atoms with Gasteiger partial charge in [-0.25, -0.2) is 0 Å². The minimum Gasteiger partial charge on any atom is -0.492 e. The molecule has 0 spiro atoms. The van der Waals surface area contributed by atoms with Crippen LogP contribution in [-0.4, -0.2) is 30.5 Å². The zero-order valence-electron chi connectivity index (χ0n) is 19.9. The molecule has 0 aliphatic carbocycles. The summed E-state index contributed by atoms with van der Waals surface area (Å²) in [5, 5.41) is 0. The number of halogens is 1. The number of rotatable bonds is 8. The van der Waals surface area contributed by atoms with Gasteiger partial charge < -0.3 is 19.9 Å². The van der Waals surface area contributed by atoms with Crippen molar-refractivity contribution in [2.24, 2.45) is 11.7 Å². The van der Waals surface area contributed by atoms with Crippen LogP contribution in [0.3, 0.4) is 0 Å². The molecule has 1 aliphatic heterocycles. The molecule has 2 aromatic carbocycles. The number of terminal acetylenes is 1. The van der Waals surface area contributed by atoms with E-state index < -0.39 is 0 Å². The van der Waals surface area contributed by atoms with E-state index in [-0.39, 0.29) is 12.6 Å². The van der Waals surface area contributed by atoms with Gasteiger partial charge in [-0.2, -0.15) is 0 Å². The SMILES string of the molecule is C#CCOc1cc(Br)ccc1C=O.CC(C)C[C@@H](N)COc1ccc2c(c1)OCc1cnccc1-2. The maximum absolute atomic E-state index is 10.6. The highest BCUT2D eigenvalue weighted by atomic mass is 79.9. The summed E-state index contributed by atoms with van der Waals surface area (Å²) in [5.74, 6) is 5.07. The van der Waals surface area contributed by atoms with Crippen molar-refractivity contribution in [1.82, 2.24) is 4.98 Å². The molecule has 3 aromatic rings. The van der Waals surface area contributed by atoms with E-state index in [1.165, 1.54) is 5.56 Å². The van der Waals surface area contributed by atoms with Crippen LogP contribution >= 0.6 is 15.9 Å². The fraction of sp³-hybridized carbons (Fsp3) is 0.286. The maximum atomic E-state index is 10.6. The van der Waals surface area contributed by atoms with Crippen molar-refractivity contribution in [2.75, 3.05) is 13.2 Å². The number of nitrogens with two attached hydrogens (primary N) is 1. The average Bonchev–Trinajstić information content (AvgIpc) is 2.86. The zero-order chi connectivity index (χ0) is 25.2. The van der Waals surface area contributed by atoms with Crippen LogP contribution in [0, 0.1) is 18.3 Å². The van der Waals surface area contributed by atoms with Crippen molar-refractivity contribution < 1.29 is 19.0 Å². The molecule has 182 valence electrons. The summed E-state index contributed by atoms with van der Waals surface area (Å²) in [6.07, 6.45) is 10.4. The van der Waals surface area contributed by atoms with Crippen molar-refractivity contribution in [3.63, 3.8) is 0 Å². The van der Waals surface area contributed by atoms with Crippen molar-refractivity contribution in [3.05, 3.63) is 70.5 Å². The molecule has 2 N–H and O–H groups in total. The molecule has 0 bridgehead atoms. The molecule has 35 heavy (non-hydrogen) atoms. The Labute approximate surface area is 214 Å². The van der Waals surface area contributed by atoms with E-state index >= 15 is 0 Å². The van der Waals surface area contributed by atoms with E-state index in [2.05, 4.69) is 40.7 Å². The summed E-state index contributed by atoms with van der Waals surface area (Å²) < 4.78 is 17.6. The van der Waals surface area contributed by atoms with Crippen LogP contribution in [-0.2, 0) is 6.61 Å². The van der Waals surface area contributed by atoms with E-state index in [9.17, 15) is 4.79 Å². The van der Waals surface area contributed by atoms with Crippen molar-refractivity contribution in [1.29, 1.82) is 0 Å². The lowest BCUT2D eigenvalue weighted by Crippen LogP contribution is -2.29. The van der Waals surface area contributed by atoms with Crippen LogP contribution in [0.5, 0.6) is 17.2 Å². The quantitative estimate of drug-likeness (QED) is 0.295. The van der Waals surface area contributed by atoms with E-state index in [1.807, 2.05) is 36.7 Å². The van der Waals surface area contributed by atoms with Gasteiger partial charge in [-0.3, -0.25) is 9.78 Å². The molecule has 4 rings (SSSR count). The molecule has 7 heteroatoms. The number of hydrogen-bond donors (Lipinski definition) is 1. The first-order valence-electron chi connectivity index (χ1n) is 11.3. The fourth-order valence-corrected chi connectivity index (χ4v) is 3.96. The molecule has 6 nitrogen and oxygen atoms in total. The number of carbonyl (C=O) groups is 1. The Balaban J connectivity index is 0.000000225. The molecule has 0 amide bonds. The van der Waals surface area contributed by atoms with Gasteiger partial charge in [0.1, 0.15) is 37.1 Å². The molecule has 1 atom stereocenters. The molecule has 1 aliphatic rings. The van der Waals surface area contributed by atoms with Gasteiger partial charge in [-0.15, -0.1) is 6.42 Å². The fourth-order valence-electron chi connectivity index (χ4n) is 3.62. The number of benzene rings is 2. The van der Waals surface area contributed by atoms with Gasteiger partial charge in [-0.1, -0.05) is 35.7 Å². The van der Waals surface area contributed by atoms with Gasteiger partial charge in [0, 0.05) is 40.1 Å². The Hall–Kier alpha value is -3.34. The Morgan fingerprint density at radius 1 is 1.20 bits per heavy atom. The largest absolute Gasteiger partial charge is 0.492 e. The normalized spacial score (nSPS) is 12.1. The van der Waals surface area contributed by atoms with Gasteiger partial charge in [0.25, 0.3) is 0 Å². The topological polar surface area (TPSA) is 83.7 Å². The third kappa shape index (κ3) is 7.57. The van der Waals surface area contributed by atoms with Crippen molar-refractivity contribution in [2.45, 2.75) is 32.9 Å². The summed E-state index contributed by atoms with van der Waals surface area (Å²) in [5.41, 5.74) is 9.94. The standard InChI is InChI=1S/C18H22N2O2.C10H7BrO2/c1-12(2)7-14(19)11-21-15-3-4-17-16-5-6-20-9-13(16)10-22-18(17)8-15;1-2-5-13-10-6-9(11)4-3-8(10)7-12/h3-6,8-9,12,14H,7,10-11,19H2,1-2H3;1,3-4,6-7H,5H2/t14-;/m1./s1. The number of aromatic nitrogens is 1. The lowest BCUT2D eigenvalue weighted by Gasteiger charge is -2.21. The van der Waals surface area contributed by atoms with Crippen LogP contribution in [0.15, 0.2) is 59.3 Å². The predicted octanol–water partition coefficient (Wildman–Crippen LogP) is 5.67. The van der Waals surface area contributed by atoms with Gasteiger partial charge in [0.05, 0.1) is 5.56 Å². The van der Waals surface area contributed by atoms with Gasteiger partial charge >= 0.3 is 0 Å². The summed E-state index contributed by atoms with van der Waals surface area (Å²) in [4.78, 5) is 14.7. The molecular weight excluding hydrogens is 508 g/mol. The lowest BCUT2D eigenvalue weighted by molar-refractivity contribution is 0.112. The molecule has 0 saturated heterocycles. The summed E-state index contributed by atoms with van der Waals surface area (Å²) >= 11 is 3.27. The molecule has 0 fully saturated rings. The second kappa shape index (κ2) is 12.9. The van der Waals surface area contributed by atoms with Crippen molar-refractivity contribution >= 4 is 22.2 Å². The van der Waals surface area contributed by atoms with E-state index in [1.54, 1.807) is 18.2 Å². The number of aldehydes is 1.